The quantitative estimate of drug-likeness (QED) is 0.830. The first-order chi connectivity index (χ1) is 13.6. The highest BCUT2D eigenvalue weighted by Gasteiger charge is 2.24. The second-order valence-corrected chi connectivity index (χ2v) is 7.54. The lowest BCUT2D eigenvalue weighted by atomic mass is 10.1. The zero-order chi connectivity index (χ0) is 19.5. The maximum atomic E-state index is 12.7. The van der Waals surface area contributed by atoms with E-state index in [1.807, 2.05) is 29.2 Å². The standard InChI is InChI=1S/C20H27N5O3/c1-24-17-7-3-2-6-16(17)23-18(19(24)26)25-10-8-14(9-11-25)22-20(27)21-13-15-5-4-12-28-15/h2-3,6-7,14-15H,4-5,8-13H2,1H3,(H2,21,22,27). The highest BCUT2D eigenvalue weighted by molar-refractivity contribution is 5.76. The second kappa shape index (κ2) is 8.18. The van der Waals surface area contributed by atoms with Crippen molar-refractivity contribution < 1.29 is 9.53 Å². The van der Waals surface area contributed by atoms with Gasteiger partial charge in [0.1, 0.15) is 0 Å². The van der Waals surface area contributed by atoms with Gasteiger partial charge in [-0.15, -0.1) is 0 Å². The molecule has 8 heteroatoms. The predicted octanol–water partition coefficient (Wildman–Crippen LogP) is 1.38. The molecule has 2 aliphatic rings. The fourth-order valence-electron chi connectivity index (χ4n) is 3.95. The lowest BCUT2D eigenvalue weighted by Crippen LogP contribution is -2.50. The third-order valence-corrected chi connectivity index (χ3v) is 5.61. The van der Waals surface area contributed by atoms with Crippen LogP contribution in [0.15, 0.2) is 29.1 Å². The molecular formula is C20H27N5O3. The molecule has 0 bridgehead atoms. The number of hydrogen-bond donors (Lipinski definition) is 2. The molecule has 2 fully saturated rings. The summed E-state index contributed by atoms with van der Waals surface area (Å²) in [6, 6.07) is 7.61. The third kappa shape index (κ3) is 3.96. The number of anilines is 1. The van der Waals surface area contributed by atoms with Gasteiger partial charge in [-0.3, -0.25) is 4.79 Å². The lowest BCUT2D eigenvalue weighted by Gasteiger charge is -2.33. The largest absolute Gasteiger partial charge is 0.376 e. The number of rotatable bonds is 4. The number of aromatic nitrogens is 2. The van der Waals surface area contributed by atoms with Crippen LogP contribution in [0.25, 0.3) is 11.0 Å². The van der Waals surface area contributed by atoms with E-state index >= 15 is 0 Å². The Labute approximate surface area is 163 Å². The number of benzene rings is 1. The van der Waals surface area contributed by atoms with Gasteiger partial charge in [0.2, 0.25) is 0 Å². The van der Waals surface area contributed by atoms with Gasteiger partial charge >= 0.3 is 6.03 Å². The average molecular weight is 385 g/mol. The van der Waals surface area contributed by atoms with Crippen molar-refractivity contribution in [1.82, 2.24) is 20.2 Å². The van der Waals surface area contributed by atoms with Gasteiger partial charge in [-0.2, -0.15) is 0 Å². The Kier molecular flexibility index (Phi) is 5.47. The maximum absolute atomic E-state index is 12.7. The van der Waals surface area contributed by atoms with Crippen molar-refractivity contribution in [2.75, 3.05) is 31.1 Å². The molecule has 1 atom stereocenters. The molecule has 3 heterocycles. The first kappa shape index (κ1) is 18.7. The fourth-order valence-corrected chi connectivity index (χ4v) is 3.95. The van der Waals surface area contributed by atoms with E-state index in [1.54, 1.807) is 11.6 Å². The summed E-state index contributed by atoms with van der Waals surface area (Å²) < 4.78 is 7.17. The van der Waals surface area contributed by atoms with Crippen molar-refractivity contribution >= 4 is 22.9 Å². The summed E-state index contributed by atoms with van der Waals surface area (Å²) in [7, 11) is 1.78. The SMILES string of the molecule is Cn1c(=O)c(N2CCC(NC(=O)NCC3CCCO3)CC2)nc2ccccc21. The minimum atomic E-state index is -0.145. The van der Waals surface area contributed by atoms with Crippen LogP contribution in [-0.4, -0.2) is 54.0 Å². The number of hydrogen-bond acceptors (Lipinski definition) is 5. The molecule has 2 aliphatic heterocycles. The summed E-state index contributed by atoms with van der Waals surface area (Å²) in [5.74, 6) is 0.488. The molecular weight excluding hydrogens is 358 g/mol. The van der Waals surface area contributed by atoms with E-state index < -0.39 is 0 Å². The second-order valence-electron chi connectivity index (χ2n) is 7.54. The molecule has 0 spiro atoms. The van der Waals surface area contributed by atoms with E-state index in [0.29, 0.717) is 25.5 Å². The van der Waals surface area contributed by atoms with E-state index in [1.165, 1.54) is 0 Å². The van der Waals surface area contributed by atoms with Crippen LogP contribution in [0.4, 0.5) is 10.6 Å². The van der Waals surface area contributed by atoms with Crippen LogP contribution in [0.5, 0.6) is 0 Å². The van der Waals surface area contributed by atoms with Gasteiger partial charge in [0.15, 0.2) is 5.82 Å². The summed E-state index contributed by atoms with van der Waals surface area (Å²) in [6.45, 7) is 2.73. The van der Waals surface area contributed by atoms with E-state index in [2.05, 4.69) is 15.6 Å². The smallest absolute Gasteiger partial charge is 0.315 e. The minimum absolute atomic E-state index is 0.0839. The van der Waals surface area contributed by atoms with Crippen molar-refractivity contribution in [3.63, 3.8) is 0 Å². The Bertz CT molecular complexity index is 898. The number of carbonyl (C=O) groups is 1. The summed E-state index contributed by atoms with van der Waals surface area (Å²) >= 11 is 0. The number of ether oxygens (including phenoxy) is 1. The van der Waals surface area contributed by atoms with Crippen LogP contribution >= 0.6 is 0 Å². The highest BCUT2D eigenvalue weighted by atomic mass is 16.5. The molecule has 8 nitrogen and oxygen atoms in total. The summed E-state index contributed by atoms with van der Waals surface area (Å²) in [4.78, 5) is 31.4. The molecule has 150 valence electrons. The number of nitrogens with zero attached hydrogens (tertiary/aromatic N) is 3. The number of nitrogens with one attached hydrogen (secondary N) is 2. The number of piperidine rings is 1. The van der Waals surface area contributed by atoms with E-state index in [4.69, 9.17) is 4.74 Å². The monoisotopic (exact) mass is 385 g/mol. The molecule has 2 saturated heterocycles. The molecule has 0 aliphatic carbocycles. The molecule has 2 amide bonds. The Morgan fingerprint density at radius 2 is 2.04 bits per heavy atom. The molecule has 2 aromatic rings. The normalized spacial score (nSPS) is 20.5. The lowest BCUT2D eigenvalue weighted by molar-refractivity contribution is 0.111. The van der Waals surface area contributed by atoms with E-state index in [-0.39, 0.29) is 23.7 Å². The van der Waals surface area contributed by atoms with Crippen LogP contribution in [0, 0.1) is 0 Å². The molecule has 0 radical (unpaired) electrons. The Balaban J connectivity index is 1.34. The van der Waals surface area contributed by atoms with Crippen LogP contribution in [-0.2, 0) is 11.8 Å². The minimum Gasteiger partial charge on any atom is -0.376 e. The van der Waals surface area contributed by atoms with E-state index in [0.717, 1.165) is 43.3 Å². The average Bonchev–Trinajstić information content (AvgIpc) is 3.24. The predicted molar refractivity (Wildman–Crippen MR) is 108 cm³/mol. The number of fused-ring (bicyclic) bond motifs is 1. The fraction of sp³-hybridized carbons (Fsp3) is 0.550. The first-order valence-corrected chi connectivity index (χ1v) is 9.98. The van der Waals surface area contributed by atoms with Gasteiger partial charge in [0, 0.05) is 39.3 Å². The topological polar surface area (TPSA) is 88.5 Å². The van der Waals surface area contributed by atoms with Gasteiger partial charge in [-0.25, -0.2) is 9.78 Å². The van der Waals surface area contributed by atoms with Gasteiger partial charge in [0.05, 0.1) is 17.1 Å². The summed E-state index contributed by atoms with van der Waals surface area (Å²) in [5, 5.41) is 5.93. The third-order valence-electron chi connectivity index (χ3n) is 5.61. The van der Waals surface area contributed by atoms with E-state index in [9.17, 15) is 9.59 Å². The highest BCUT2D eigenvalue weighted by Crippen LogP contribution is 2.18. The zero-order valence-corrected chi connectivity index (χ0v) is 16.2. The Morgan fingerprint density at radius 1 is 1.25 bits per heavy atom. The van der Waals surface area contributed by atoms with Crippen LogP contribution in [0.2, 0.25) is 0 Å². The van der Waals surface area contributed by atoms with Crippen molar-refractivity contribution in [2.24, 2.45) is 7.05 Å². The number of aryl methyl sites for hydroxylation is 1. The van der Waals surface area contributed by atoms with Gasteiger partial charge in [-0.05, 0) is 37.8 Å². The Hall–Kier alpha value is -2.61. The van der Waals surface area contributed by atoms with Crippen molar-refractivity contribution in [3.8, 4) is 0 Å². The molecule has 1 unspecified atom stereocenters. The summed E-state index contributed by atoms with van der Waals surface area (Å²) in [5.41, 5.74) is 1.56. The molecule has 4 rings (SSSR count). The van der Waals surface area contributed by atoms with Crippen LogP contribution in [0.1, 0.15) is 25.7 Å². The van der Waals surface area contributed by atoms with Crippen molar-refractivity contribution in [3.05, 3.63) is 34.6 Å². The van der Waals surface area contributed by atoms with Gasteiger partial charge < -0.3 is 24.8 Å². The maximum Gasteiger partial charge on any atom is 0.315 e. The van der Waals surface area contributed by atoms with Gasteiger partial charge in [0.25, 0.3) is 5.56 Å². The van der Waals surface area contributed by atoms with Crippen LogP contribution in [0.3, 0.4) is 0 Å². The number of para-hydroxylation sites is 2. The number of carbonyl (C=O) groups excluding carboxylic acids is 1. The number of urea groups is 1. The molecule has 1 aromatic carbocycles. The van der Waals surface area contributed by atoms with Crippen LogP contribution < -0.4 is 21.1 Å². The summed E-state index contributed by atoms with van der Waals surface area (Å²) in [6.07, 6.45) is 3.78. The molecule has 28 heavy (non-hydrogen) atoms. The van der Waals surface area contributed by atoms with Gasteiger partial charge in [-0.1, -0.05) is 12.1 Å². The molecule has 2 N–H and O–H groups in total. The molecule has 0 saturated carbocycles. The molecule has 1 aromatic heterocycles. The van der Waals surface area contributed by atoms with Crippen molar-refractivity contribution in [2.45, 2.75) is 37.8 Å². The first-order valence-electron chi connectivity index (χ1n) is 9.98. The zero-order valence-electron chi connectivity index (χ0n) is 16.2. The number of amides is 2. The Morgan fingerprint density at radius 3 is 2.79 bits per heavy atom. The van der Waals surface area contributed by atoms with Crippen molar-refractivity contribution in [1.29, 1.82) is 0 Å².